The van der Waals surface area contributed by atoms with Crippen LogP contribution in [0, 0.1) is 5.92 Å². The smallest absolute Gasteiger partial charge is 0.305 e. The standard InChI is InChI=1S/C15H19ClO5/c1-9(6-13(17)19-2)14(18)10-7-11(16)15-12(8-10)20-4-3-5-21-15/h7-9,14,18H,3-6H2,1-2H3. The average Bonchev–Trinajstić information content (AvgIpc) is 2.71. The number of fused-ring (bicyclic) bond motifs is 1. The van der Waals surface area contributed by atoms with Gasteiger partial charge in [-0.25, -0.2) is 0 Å². The Kier molecular flexibility index (Phi) is 5.31. The largest absolute Gasteiger partial charge is 0.489 e. The van der Waals surface area contributed by atoms with Crippen LogP contribution in [0.2, 0.25) is 5.02 Å². The van der Waals surface area contributed by atoms with Gasteiger partial charge in [0.15, 0.2) is 11.5 Å². The number of benzene rings is 1. The van der Waals surface area contributed by atoms with Crippen molar-refractivity contribution in [3.63, 3.8) is 0 Å². The van der Waals surface area contributed by atoms with Gasteiger partial charge in [-0.2, -0.15) is 0 Å². The minimum Gasteiger partial charge on any atom is -0.489 e. The summed E-state index contributed by atoms with van der Waals surface area (Å²) in [6.07, 6.45) is 0.0736. The second-order valence-electron chi connectivity index (χ2n) is 5.08. The Morgan fingerprint density at radius 1 is 1.43 bits per heavy atom. The molecule has 0 saturated carbocycles. The molecule has 1 N–H and O–H groups in total. The number of carbonyl (C=O) groups excluding carboxylic acids is 1. The van der Waals surface area contributed by atoms with E-state index >= 15 is 0 Å². The Bertz CT molecular complexity index is 517. The first kappa shape index (κ1) is 15.9. The third-order valence-electron chi connectivity index (χ3n) is 3.42. The van der Waals surface area contributed by atoms with Crippen molar-refractivity contribution < 1.29 is 24.1 Å². The van der Waals surface area contributed by atoms with E-state index in [-0.39, 0.29) is 18.3 Å². The molecule has 5 nitrogen and oxygen atoms in total. The van der Waals surface area contributed by atoms with Crippen molar-refractivity contribution in [3.05, 3.63) is 22.7 Å². The second-order valence-corrected chi connectivity index (χ2v) is 5.49. The molecule has 0 amide bonds. The van der Waals surface area contributed by atoms with E-state index in [2.05, 4.69) is 4.74 Å². The lowest BCUT2D eigenvalue weighted by Gasteiger charge is -2.20. The van der Waals surface area contributed by atoms with Crippen molar-refractivity contribution >= 4 is 17.6 Å². The molecule has 0 aromatic heterocycles. The van der Waals surface area contributed by atoms with Gasteiger partial charge in [0, 0.05) is 6.42 Å². The molecule has 116 valence electrons. The molecule has 1 aliphatic rings. The lowest BCUT2D eigenvalue weighted by atomic mass is 9.94. The maximum atomic E-state index is 11.3. The molecular weight excluding hydrogens is 296 g/mol. The van der Waals surface area contributed by atoms with Crippen molar-refractivity contribution in [2.24, 2.45) is 5.92 Å². The number of halogens is 1. The van der Waals surface area contributed by atoms with Gasteiger partial charge < -0.3 is 19.3 Å². The molecule has 1 aromatic carbocycles. The van der Waals surface area contributed by atoms with Crippen LogP contribution in [0.15, 0.2) is 12.1 Å². The van der Waals surface area contributed by atoms with Crippen molar-refractivity contribution in [1.82, 2.24) is 0 Å². The number of esters is 1. The fourth-order valence-electron chi connectivity index (χ4n) is 2.21. The average molecular weight is 315 g/mol. The van der Waals surface area contributed by atoms with Crippen molar-refractivity contribution in [1.29, 1.82) is 0 Å². The number of carbonyl (C=O) groups is 1. The lowest BCUT2D eigenvalue weighted by molar-refractivity contribution is -0.142. The zero-order valence-corrected chi connectivity index (χ0v) is 12.9. The van der Waals surface area contributed by atoms with Gasteiger partial charge in [-0.15, -0.1) is 0 Å². The summed E-state index contributed by atoms with van der Waals surface area (Å²) in [5, 5.41) is 10.8. The van der Waals surface area contributed by atoms with E-state index in [0.29, 0.717) is 35.3 Å². The van der Waals surface area contributed by atoms with Crippen LogP contribution in [0.3, 0.4) is 0 Å². The molecule has 0 fully saturated rings. The predicted molar refractivity (Wildman–Crippen MR) is 77.8 cm³/mol. The van der Waals surface area contributed by atoms with Crippen LogP contribution in [-0.2, 0) is 9.53 Å². The van der Waals surface area contributed by atoms with Crippen LogP contribution in [0.4, 0.5) is 0 Å². The Morgan fingerprint density at radius 3 is 2.86 bits per heavy atom. The number of hydrogen-bond acceptors (Lipinski definition) is 5. The quantitative estimate of drug-likeness (QED) is 0.866. The summed E-state index contributed by atoms with van der Waals surface area (Å²) in [5.41, 5.74) is 0.598. The minimum atomic E-state index is -0.834. The van der Waals surface area contributed by atoms with Gasteiger partial charge in [0.2, 0.25) is 0 Å². The van der Waals surface area contributed by atoms with Gasteiger partial charge in [-0.3, -0.25) is 4.79 Å². The molecular formula is C15H19ClO5. The maximum Gasteiger partial charge on any atom is 0.305 e. The van der Waals surface area contributed by atoms with Gasteiger partial charge in [-0.1, -0.05) is 18.5 Å². The summed E-state index contributed by atoms with van der Waals surface area (Å²) in [5.74, 6) is 0.380. The number of ether oxygens (including phenoxy) is 3. The first-order chi connectivity index (χ1) is 10.0. The summed E-state index contributed by atoms with van der Waals surface area (Å²) >= 11 is 6.19. The molecule has 0 bridgehead atoms. The zero-order valence-electron chi connectivity index (χ0n) is 12.1. The molecule has 2 atom stereocenters. The van der Waals surface area contributed by atoms with Crippen LogP contribution in [0.5, 0.6) is 11.5 Å². The number of hydrogen-bond donors (Lipinski definition) is 1. The summed E-state index contributed by atoms with van der Waals surface area (Å²) in [4.78, 5) is 11.3. The molecule has 1 aromatic rings. The molecule has 0 radical (unpaired) electrons. The van der Waals surface area contributed by atoms with Crippen molar-refractivity contribution in [3.8, 4) is 11.5 Å². The van der Waals surface area contributed by atoms with E-state index in [4.69, 9.17) is 21.1 Å². The Labute approximate surface area is 128 Å². The third kappa shape index (κ3) is 3.80. The van der Waals surface area contributed by atoms with Gasteiger partial charge in [0.05, 0.1) is 37.9 Å². The molecule has 0 saturated heterocycles. The molecule has 1 heterocycles. The molecule has 0 aliphatic carbocycles. The predicted octanol–water partition coefficient (Wildman–Crippen LogP) is 2.73. The van der Waals surface area contributed by atoms with E-state index in [0.717, 1.165) is 6.42 Å². The van der Waals surface area contributed by atoms with Crippen LogP contribution in [-0.4, -0.2) is 31.4 Å². The van der Waals surface area contributed by atoms with E-state index in [9.17, 15) is 9.90 Å². The summed E-state index contributed by atoms with van der Waals surface area (Å²) in [6, 6.07) is 3.36. The molecule has 1 aliphatic heterocycles. The summed E-state index contributed by atoms with van der Waals surface area (Å²) < 4.78 is 15.8. The summed E-state index contributed by atoms with van der Waals surface area (Å²) in [6.45, 7) is 2.87. The van der Waals surface area contributed by atoms with Gasteiger partial charge in [-0.05, 0) is 23.6 Å². The molecule has 0 spiro atoms. The highest BCUT2D eigenvalue weighted by atomic mass is 35.5. The second kappa shape index (κ2) is 7.00. The Balaban J connectivity index is 2.21. The van der Waals surface area contributed by atoms with E-state index < -0.39 is 6.10 Å². The van der Waals surface area contributed by atoms with Crippen molar-refractivity contribution in [2.45, 2.75) is 25.9 Å². The fraction of sp³-hybridized carbons (Fsp3) is 0.533. The monoisotopic (exact) mass is 314 g/mol. The van der Waals surface area contributed by atoms with Gasteiger partial charge in [0.25, 0.3) is 0 Å². The SMILES string of the molecule is COC(=O)CC(C)C(O)c1cc(Cl)c2c(c1)OCCCO2. The van der Waals surface area contributed by atoms with E-state index in [1.54, 1.807) is 19.1 Å². The Hall–Kier alpha value is -1.46. The third-order valence-corrected chi connectivity index (χ3v) is 3.70. The first-order valence-corrected chi connectivity index (χ1v) is 7.24. The van der Waals surface area contributed by atoms with Gasteiger partial charge in [0.1, 0.15) is 0 Å². The highest BCUT2D eigenvalue weighted by Crippen LogP contribution is 2.40. The number of rotatable bonds is 4. The fourth-order valence-corrected chi connectivity index (χ4v) is 2.48. The number of aliphatic hydroxyl groups excluding tert-OH is 1. The van der Waals surface area contributed by atoms with Crippen LogP contribution in [0.1, 0.15) is 31.4 Å². The van der Waals surface area contributed by atoms with E-state index in [1.165, 1.54) is 7.11 Å². The number of aliphatic hydroxyl groups is 1. The minimum absolute atomic E-state index is 0.129. The topological polar surface area (TPSA) is 65.0 Å². The zero-order chi connectivity index (χ0) is 15.4. The highest BCUT2D eigenvalue weighted by molar-refractivity contribution is 6.32. The van der Waals surface area contributed by atoms with Gasteiger partial charge >= 0.3 is 5.97 Å². The van der Waals surface area contributed by atoms with Crippen LogP contribution < -0.4 is 9.47 Å². The van der Waals surface area contributed by atoms with E-state index in [1.807, 2.05) is 0 Å². The molecule has 6 heteroatoms. The first-order valence-electron chi connectivity index (χ1n) is 6.87. The van der Waals surface area contributed by atoms with Crippen LogP contribution in [0.25, 0.3) is 0 Å². The Morgan fingerprint density at radius 2 is 2.14 bits per heavy atom. The molecule has 2 rings (SSSR count). The van der Waals surface area contributed by atoms with Crippen molar-refractivity contribution in [2.75, 3.05) is 20.3 Å². The van der Waals surface area contributed by atoms with Crippen LogP contribution >= 0.6 is 11.6 Å². The summed E-state index contributed by atoms with van der Waals surface area (Å²) in [7, 11) is 1.33. The molecule has 21 heavy (non-hydrogen) atoms. The normalized spacial score (nSPS) is 16.8. The highest BCUT2D eigenvalue weighted by Gasteiger charge is 2.23. The lowest BCUT2D eigenvalue weighted by Crippen LogP contribution is -2.15. The molecule has 2 unspecified atom stereocenters. The number of methoxy groups -OCH3 is 1. The maximum absolute atomic E-state index is 11.3.